The zero-order chi connectivity index (χ0) is 16.9. The van der Waals surface area contributed by atoms with Crippen molar-refractivity contribution in [1.29, 1.82) is 0 Å². The number of aryl methyl sites for hydroxylation is 1. The van der Waals surface area contributed by atoms with Crippen LogP contribution in [0.3, 0.4) is 0 Å². The first kappa shape index (κ1) is 17.9. The minimum atomic E-state index is -3.42. The minimum absolute atomic E-state index is 0.0867. The third-order valence-electron chi connectivity index (χ3n) is 3.16. The second kappa shape index (κ2) is 7.92. The molecule has 124 valence electrons. The van der Waals surface area contributed by atoms with Crippen molar-refractivity contribution in [3.8, 4) is 0 Å². The second-order valence-corrected chi connectivity index (χ2v) is 8.55. The highest BCUT2D eigenvalue weighted by Gasteiger charge is 2.14. The van der Waals surface area contributed by atoms with E-state index < -0.39 is 10.0 Å². The van der Waals surface area contributed by atoms with Crippen LogP contribution in [0.1, 0.15) is 16.9 Å². The van der Waals surface area contributed by atoms with Crippen molar-refractivity contribution in [3.63, 3.8) is 0 Å². The van der Waals surface area contributed by atoms with Gasteiger partial charge in [0.2, 0.25) is 15.9 Å². The van der Waals surface area contributed by atoms with Gasteiger partial charge in [-0.25, -0.2) is 13.1 Å². The summed E-state index contributed by atoms with van der Waals surface area (Å²) in [5.74, 6) is -0.0867. The average Bonchev–Trinajstić information content (AvgIpc) is 3.01. The molecule has 2 aromatic rings. The van der Waals surface area contributed by atoms with E-state index in [1.807, 2.05) is 18.2 Å². The Kier molecular flexibility index (Phi) is 6.17. The van der Waals surface area contributed by atoms with Crippen LogP contribution >= 0.6 is 22.9 Å². The Hall–Kier alpha value is -1.41. The number of hydrogen-bond acceptors (Lipinski definition) is 4. The summed E-state index contributed by atoms with van der Waals surface area (Å²) in [5, 5.41) is 3.44. The summed E-state index contributed by atoms with van der Waals surface area (Å²) in [7, 11) is -2.06. The summed E-state index contributed by atoms with van der Waals surface area (Å²) in [6, 6.07) is 10.6. The van der Waals surface area contributed by atoms with Crippen LogP contribution in [-0.4, -0.2) is 21.4 Å². The first-order valence-corrected chi connectivity index (χ1v) is 9.62. The number of amides is 1. The van der Waals surface area contributed by atoms with Crippen LogP contribution in [0.4, 0.5) is 0 Å². The van der Waals surface area contributed by atoms with Crippen molar-refractivity contribution >= 4 is 38.9 Å². The molecule has 0 saturated heterocycles. The lowest BCUT2D eigenvalue weighted by Gasteiger charge is -2.04. The Bertz CT molecular complexity index is 788. The average molecular weight is 373 g/mol. The van der Waals surface area contributed by atoms with Crippen LogP contribution in [0.15, 0.2) is 40.6 Å². The number of sulfonamides is 1. The van der Waals surface area contributed by atoms with Crippen molar-refractivity contribution in [2.24, 2.45) is 0 Å². The third-order valence-corrected chi connectivity index (χ3v) is 6.39. The quantitative estimate of drug-likeness (QED) is 0.784. The molecule has 1 heterocycles. The zero-order valence-electron chi connectivity index (χ0n) is 12.5. The Morgan fingerprint density at radius 3 is 2.74 bits per heavy atom. The molecule has 0 saturated carbocycles. The lowest BCUT2D eigenvalue weighted by molar-refractivity contribution is -0.121. The highest BCUT2D eigenvalue weighted by Crippen LogP contribution is 2.21. The predicted molar refractivity (Wildman–Crippen MR) is 92.2 cm³/mol. The van der Waals surface area contributed by atoms with E-state index >= 15 is 0 Å². The Morgan fingerprint density at radius 1 is 1.26 bits per heavy atom. The maximum absolute atomic E-state index is 11.9. The van der Waals surface area contributed by atoms with Crippen LogP contribution in [0, 0.1) is 0 Å². The van der Waals surface area contributed by atoms with Gasteiger partial charge in [-0.05, 0) is 43.3 Å². The molecule has 0 aliphatic rings. The second-order valence-electron chi connectivity index (χ2n) is 4.83. The van der Waals surface area contributed by atoms with Gasteiger partial charge < -0.3 is 5.32 Å². The molecule has 0 spiro atoms. The van der Waals surface area contributed by atoms with Crippen molar-refractivity contribution in [1.82, 2.24) is 10.0 Å². The summed E-state index contributed by atoms with van der Waals surface area (Å²) < 4.78 is 25.8. The standard InChI is InChI=1S/C15H17ClN2O3S2/c1-17-23(20,21)15-8-6-13(22-15)10-18-14(19)7-5-11-3-2-4-12(16)9-11/h2-4,6,8-9,17H,5,7,10H2,1H3,(H,18,19). The Balaban J connectivity index is 1.83. The molecule has 0 fully saturated rings. The number of thiophene rings is 1. The maximum Gasteiger partial charge on any atom is 0.249 e. The smallest absolute Gasteiger partial charge is 0.249 e. The van der Waals surface area contributed by atoms with Gasteiger partial charge in [-0.1, -0.05) is 23.7 Å². The van der Waals surface area contributed by atoms with Crippen LogP contribution in [0.25, 0.3) is 0 Å². The van der Waals surface area contributed by atoms with Crippen LogP contribution in [-0.2, 0) is 27.8 Å². The van der Waals surface area contributed by atoms with Crippen molar-refractivity contribution in [2.75, 3.05) is 7.05 Å². The summed E-state index contributed by atoms with van der Waals surface area (Å²) in [4.78, 5) is 12.7. The van der Waals surface area contributed by atoms with E-state index in [0.717, 1.165) is 21.8 Å². The maximum atomic E-state index is 11.9. The van der Waals surface area contributed by atoms with Gasteiger partial charge in [0.1, 0.15) is 4.21 Å². The van der Waals surface area contributed by atoms with E-state index in [-0.39, 0.29) is 10.1 Å². The van der Waals surface area contributed by atoms with Gasteiger partial charge in [0, 0.05) is 16.3 Å². The normalized spacial score (nSPS) is 11.4. The minimum Gasteiger partial charge on any atom is -0.351 e. The van der Waals surface area contributed by atoms with Crippen molar-refractivity contribution < 1.29 is 13.2 Å². The summed E-state index contributed by atoms with van der Waals surface area (Å²) in [5.41, 5.74) is 1.01. The first-order valence-electron chi connectivity index (χ1n) is 6.94. The number of nitrogens with one attached hydrogen (secondary N) is 2. The van der Waals surface area contributed by atoms with E-state index in [1.54, 1.807) is 12.1 Å². The van der Waals surface area contributed by atoms with Crippen LogP contribution in [0.5, 0.6) is 0 Å². The lowest BCUT2D eigenvalue weighted by Crippen LogP contribution is -2.22. The molecule has 5 nitrogen and oxygen atoms in total. The Morgan fingerprint density at radius 2 is 2.04 bits per heavy atom. The molecule has 0 unspecified atom stereocenters. The number of carbonyl (C=O) groups is 1. The molecule has 1 amide bonds. The van der Waals surface area contributed by atoms with E-state index in [1.165, 1.54) is 13.1 Å². The molecule has 0 aliphatic carbocycles. The fourth-order valence-electron chi connectivity index (χ4n) is 1.92. The zero-order valence-corrected chi connectivity index (χ0v) is 14.9. The van der Waals surface area contributed by atoms with Gasteiger partial charge in [-0.2, -0.15) is 0 Å². The molecule has 8 heteroatoms. The van der Waals surface area contributed by atoms with Crippen LogP contribution in [0.2, 0.25) is 5.02 Å². The molecular formula is C15H17ClN2O3S2. The van der Waals surface area contributed by atoms with Gasteiger partial charge in [-0.15, -0.1) is 11.3 Å². The molecule has 0 bridgehead atoms. The summed E-state index contributed by atoms with van der Waals surface area (Å²) >= 11 is 7.04. The van der Waals surface area contributed by atoms with E-state index in [2.05, 4.69) is 10.0 Å². The summed E-state index contributed by atoms with van der Waals surface area (Å²) in [6.07, 6.45) is 0.962. The van der Waals surface area contributed by atoms with E-state index in [9.17, 15) is 13.2 Å². The molecule has 2 rings (SSSR count). The highest BCUT2D eigenvalue weighted by molar-refractivity contribution is 7.91. The van der Waals surface area contributed by atoms with E-state index in [4.69, 9.17) is 11.6 Å². The molecule has 1 aromatic carbocycles. The highest BCUT2D eigenvalue weighted by atomic mass is 35.5. The number of benzene rings is 1. The summed E-state index contributed by atoms with van der Waals surface area (Å²) in [6.45, 7) is 0.318. The molecular weight excluding hydrogens is 356 g/mol. The number of hydrogen-bond donors (Lipinski definition) is 2. The third kappa shape index (κ3) is 5.31. The van der Waals surface area contributed by atoms with Gasteiger partial charge >= 0.3 is 0 Å². The van der Waals surface area contributed by atoms with Crippen LogP contribution < -0.4 is 10.0 Å². The molecule has 0 aliphatic heterocycles. The van der Waals surface area contributed by atoms with Gasteiger partial charge in [0.05, 0.1) is 6.54 Å². The molecule has 0 radical (unpaired) electrons. The topological polar surface area (TPSA) is 75.3 Å². The number of carbonyl (C=O) groups excluding carboxylic acids is 1. The first-order chi connectivity index (χ1) is 10.9. The number of rotatable bonds is 7. The monoisotopic (exact) mass is 372 g/mol. The molecule has 2 N–H and O–H groups in total. The Labute approximate surface area is 144 Å². The molecule has 0 atom stereocenters. The molecule has 23 heavy (non-hydrogen) atoms. The largest absolute Gasteiger partial charge is 0.351 e. The van der Waals surface area contributed by atoms with Gasteiger partial charge in [0.15, 0.2) is 0 Å². The van der Waals surface area contributed by atoms with E-state index in [0.29, 0.717) is 24.4 Å². The van der Waals surface area contributed by atoms with Gasteiger partial charge in [0.25, 0.3) is 0 Å². The van der Waals surface area contributed by atoms with Crippen molar-refractivity contribution in [3.05, 3.63) is 51.9 Å². The van der Waals surface area contributed by atoms with Gasteiger partial charge in [-0.3, -0.25) is 4.79 Å². The van der Waals surface area contributed by atoms with Crippen molar-refractivity contribution in [2.45, 2.75) is 23.6 Å². The molecule has 1 aromatic heterocycles. The predicted octanol–water partition coefficient (Wildman–Crippen LogP) is 2.56. The fourth-order valence-corrected chi connectivity index (χ4v) is 4.27. The number of halogens is 1. The fraction of sp³-hybridized carbons (Fsp3) is 0.267. The lowest BCUT2D eigenvalue weighted by atomic mass is 10.1. The SMILES string of the molecule is CNS(=O)(=O)c1ccc(CNC(=O)CCc2cccc(Cl)c2)s1.